The third kappa shape index (κ3) is 3.96. The van der Waals surface area contributed by atoms with Gasteiger partial charge in [0.2, 0.25) is 5.91 Å². The predicted molar refractivity (Wildman–Crippen MR) is 104 cm³/mol. The van der Waals surface area contributed by atoms with Gasteiger partial charge >= 0.3 is 0 Å². The Morgan fingerprint density at radius 1 is 1.35 bits per heavy atom. The van der Waals surface area contributed by atoms with E-state index in [-0.39, 0.29) is 11.9 Å². The van der Waals surface area contributed by atoms with E-state index in [2.05, 4.69) is 40.2 Å². The van der Waals surface area contributed by atoms with Gasteiger partial charge in [0, 0.05) is 32.5 Å². The molecule has 0 radical (unpaired) electrons. The fourth-order valence-electron chi connectivity index (χ4n) is 4.69. The van der Waals surface area contributed by atoms with E-state index in [9.17, 15) is 4.79 Å². The van der Waals surface area contributed by atoms with Crippen LogP contribution in [0.25, 0.3) is 0 Å². The van der Waals surface area contributed by atoms with Crippen LogP contribution in [0.15, 0.2) is 12.4 Å². The van der Waals surface area contributed by atoms with E-state index in [0.717, 1.165) is 51.4 Å². The molecule has 6 heteroatoms. The third-order valence-electron chi connectivity index (χ3n) is 6.35. The first-order chi connectivity index (χ1) is 12.5. The van der Waals surface area contributed by atoms with Crippen LogP contribution in [-0.4, -0.2) is 76.5 Å². The van der Waals surface area contributed by atoms with Gasteiger partial charge in [-0.05, 0) is 64.7 Å². The Labute approximate surface area is 158 Å². The fourth-order valence-corrected chi connectivity index (χ4v) is 4.69. The second-order valence-corrected chi connectivity index (χ2v) is 8.32. The number of imidazole rings is 1. The summed E-state index contributed by atoms with van der Waals surface area (Å²) >= 11 is 0. The van der Waals surface area contributed by atoms with Crippen LogP contribution in [0, 0.1) is 5.41 Å². The van der Waals surface area contributed by atoms with E-state index >= 15 is 0 Å². The molecule has 0 N–H and O–H groups in total. The van der Waals surface area contributed by atoms with E-state index in [4.69, 9.17) is 0 Å². The summed E-state index contributed by atoms with van der Waals surface area (Å²) in [6, 6.07) is 0.0356. The summed E-state index contributed by atoms with van der Waals surface area (Å²) < 4.78 is 2.11. The van der Waals surface area contributed by atoms with Crippen molar-refractivity contribution >= 4 is 5.91 Å². The average molecular weight is 362 g/mol. The van der Waals surface area contributed by atoms with Crippen LogP contribution in [0.1, 0.15) is 45.4 Å². The van der Waals surface area contributed by atoms with Crippen LogP contribution >= 0.6 is 0 Å². The van der Waals surface area contributed by atoms with Gasteiger partial charge < -0.3 is 14.4 Å². The Morgan fingerprint density at radius 3 is 2.73 bits per heavy atom. The predicted octanol–water partition coefficient (Wildman–Crippen LogP) is 2.06. The number of amides is 1. The third-order valence-corrected chi connectivity index (χ3v) is 6.35. The lowest BCUT2D eigenvalue weighted by Gasteiger charge is -2.37. The van der Waals surface area contributed by atoms with E-state index in [1.807, 2.05) is 24.3 Å². The minimum absolute atomic E-state index is 0.0356. The van der Waals surface area contributed by atoms with Crippen molar-refractivity contribution in [3.8, 4) is 0 Å². The maximum Gasteiger partial charge on any atom is 0.240 e. The largest absolute Gasteiger partial charge is 0.337 e. The number of hydrogen-bond donors (Lipinski definition) is 0. The summed E-state index contributed by atoms with van der Waals surface area (Å²) in [7, 11) is 4.14. The normalized spacial score (nSPS) is 23.6. The number of hydrogen-bond acceptors (Lipinski definition) is 4. The standard InChI is InChI=1S/C20H35N5O/c1-5-10-25-16-20(7-11-22(3)12-8-20)14-17(25)19(26)23(4)15-18-21-9-13-24(18)6-2/h9,13,17H,5-8,10-12,14-16H2,1-4H3/t17-/m0/s1. The Bertz CT molecular complexity index is 605. The molecule has 2 saturated heterocycles. The van der Waals surface area contributed by atoms with Gasteiger partial charge in [-0.25, -0.2) is 4.98 Å². The maximum absolute atomic E-state index is 13.3. The maximum atomic E-state index is 13.3. The van der Waals surface area contributed by atoms with E-state index in [1.54, 1.807) is 0 Å². The highest BCUT2D eigenvalue weighted by Crippen LogP contribution is 2.43. The number of nitrogens with zero attached hydrogens (tertiary/aromatic N) is 5. The van der Waals surface area contributed by atoms with Crippen molar-refractivity contribution in [1.82, 2.24) is 24.3 Å². The molecule has 0 aromatic carbocycles. The zero-order valence-electron chi connectivity index (χ0n) is 16.9. The van der Waals surface area contributed by atoms with Crippen LogP contribution in [0.3, 0.4) is 0 Å². The highest BCUT2D eigenvalue weighted by Gasteiger charge is 2.47. The zero-order chi connectivity index (χ0) is 18.7. The summed E-state index contributed by atoms with van der Waals surface area (Å²) in [5.41, 5.74) is 0.338. The second-order valence-electron chi connectivity index (χ2n) is 8.32. The average Bonchev–Trinajstić information content (AvgIpc) is 3.22. The Kier molecular flexibility index (Phi) is 6.03. The minimum atomic E-state index is 0.0356. The van der Waals surface area contributed by atoms with Crippen LogP contribution in [0.5, 0.6) is 0 Å². The van der Waals surface area contributed by atoms with Crippen LogP contribution in [0.2, 0.25) is 0 Å². The molecule has 2 aliphatic rings. The van der Waals surface area contributed by atoms with Crippen molar-refractivity contribution in [2.75, 3.05) is 40.3 Å². The number of rotatable bonds is 6. The molecule has 3 rings (SSSR count). The summed E-state index contributed by atoms with van der Waals surface area (Å²) in [6.07, 6.45) is 8.37. The molecule has 26 heavy (non-hydrogen) atoms. The molecule has 1 aromatic heterocycles. The molecule has 0 bridgehead atoms. The first-order valence-electron chi connectivity index (χ1n) is 10.2. The number of carbonyl (C=O) groups is 1. The quantitative estimate of drug-likeness (QED) is 0.778. The number of piperidine rings is 1. The monoisotopic (exact) mass is 361 g/mol. The van der Waals surface area contributed by atoms with Crippen LogP contribution in [0.4, 0.5) is 0 Å². The van der Waals surface area contributed by atoms with E-state index in [1.165, 1.54) is 12.8 Å². The molecule has 2 fully saturated rings. The lowest BCUT2D eigenvalue weighted by molar-refractivity contribution is -0.135. The molecule has 3 heterocycles. The van der Waals surface area contributed by atoms with Crippen molar-refractivity contribution in [2.45, 2.75) is 58.7 Å². The topological polar surface area (TPSA) is 44.6 Å². The van der Waals surface area contributed by atoms with Crippen molar-refractivity contribution < 1.29 is 4.79 Å². The fraction of sp³-hybridized carbons (Fsp3) is 0.800. The molecule has 1 amide bonds. The van der Waals surface area contributed by atoms with Crippen molar-refractivity contribution in [2.24, 2.45) is 5.41 Å². The number of carbonyl (C=O) groups excluding carboxylic acids is 1. The summed E-state index contributed by atoms with van der Waals surface area (Å²) in [5, 5.41) is 0. The molecule has 1 atom stereocenters. The zero-order valence-corrected chi connectivity index (χ0v) is 16.9. The number of likely N-dealkylation sites (tertiary alicyclic amines) is 2. The van der Waals surface area contributed by atoms with Gasteiger partial charge in [0.05, 0.1) is 12.6 Å². The van der Waals surface area contributed by atoms with Gasteiger partial charge in [-0.1, -0.05) is 6.92 Å². The Hall–Kier alpha value is -1.40. The summed E-state index contributed by atoms with van der Waals surface area (Å²) in [4.78, 5) is 24.5. The first kappa shape index (κ1) is 19.4. The van der Waals surface area contributed by atoms with Gasteiger partial charge in [0.15, 0.2) is 0 Å². The molecule has 2 aliphatic heterocycles. The first-order valence-corrected chi connectivity index (χ1v) is 10.2. The smallest absolute Gasteiger partial charge is 0.240 e. The number of likely N-dealkylation sites (N-methyl/N-ethyl adjacent to an activating group) is 1. The molecule has 0 unspecified atom stereocenters. The van der Waals surface area contributed by atoms with E-state index in [0.29, 0.717) is 12.0 Å². The van der Waals surface area contributed by atoms with Gasteiger partial charge in [-0.15, -0.1) is 0 Å². The molecule has 1 spiro atoms. The summed E-state index contributed by atoms with van der Waals surface area (Å²) in [6.45, 7) is 10.2. The minimum Gasteiger partial charge on any atom is -0.337 e. The van der Waals surface area contributed by atoms with Crippen LogP contribution < -0.4 is 0 Å². The lowest BCUT2D eigenvalue weighted by Crippen LogP contribution is -2.44. The molecule has 1 aromatic rings. The lowest BCUT2D eigenvalue weighted by atomic mass is 9.76. The van der Waals surface area contributed by atoms with Gasteiger partial charge in [-0.2, -0.15) is 0 Å². The van der Waals surface area contributed by atoms with Crippen molar-refractivity contribution in [3.05, 3.63) is 18.2 Å². The molecule has 6 nitrogen and oxygen atoms in total. The number of aromatic nitrogens is 2. The SMILES string of the molecule is CCCN1CC2(CCN(C)CC2)C[C@H]1C(=O)N(C)Cc1nccn1CC. The Balaban J connectivity index is 1.69. The molecular formula is C20H35N5O. The molecule has 0 aliphatic carbocycles. The Morgan fingerprint density at radius 2 is 2.08 bits per heavy atom. The van der Waals surface area contributed by atoms with Gasteiger partial charge in [0.1, 0.15) is 5.82 Å². The van der Waals surface area contributed by atoms with Crippen molar-refractivity contribution in [1.29, 1.82) is 0 Å². The van der Waals surface area contributed by atoms with Crippen LogP contribution in [-0.2, 0) is 17.9 Å². The second kappa shape index (κ2) is 8.09. The highest BCUT2D eigenvalue weighted by atomic mass is 16.2. The molecular weight excluding hydrogens is 326 g/mol. The molecule has 0 saturated carbocycles. The van der Waals surface area contributed by atoms with Gasteiger partial charge in [-0.3, -0.25) is 9.69 Å². The van der Waals surface area contributed by atoms with E-state index < -0.39 is 0 Å². The summed E-state index contributed by atoms with van der Waals surface area (Å²) in [5.74, 6) is 1.23. The molecule has 146 valence electrons. The highest BCUT2D eigenvalue weighted by molar-refractivity contribution is 5.82. The van der Waals surface area contributed by atoms with Crippen molar-refractivity contribution in [3.63, 3.8) is 0 Å². The van der Waals surface area contributed by atoms with Gasteiger partial charge in [0.25, 0.3) is 0 Å². The number of aryl methyl sites for hydroxylation is 1.